The Bertz CT molecular complexity index is 439. The second-order valence-corrected chi connectivity index (χ2v) is 7.41. The van der Waals surface area contributed by atoms with Crippen LogP contribution >= 0.6 is 0 Å². The second-order valence-electron chi connectivity index (χ2n) is 7.41. The second kappa shape index (κ2) is 11.9. The number of carboxylic acid groups (broad SMARTS) is 1. The quantitative estimate of drug-likeness (QED) is 0.367. The molecule has 2 unspecified atom stereocenters. The molecular weight excluding hydrogens is 320 g/mol. The van der Waals surface area contributed by atoms with Crippen LogP contribution in [0.1, 0.15) is 78.1 Å². The van der Waals surface area contributed by atoms with E-state index in [1.54, 1.807) is 4.90 Å². The number of carboxylic acids is 1. The minimum atomic E-state index is -0.703. The van der Waals surface area contributed by atoms with Crippen molar-refractivity contribution in [2.45, 2.75) is 78.1 Å². The van der Waals surface area contributed by atoms with E-state index >= 15 is 0 Å². The maximum Gasteiger partial charge on any atom is 0.324 e. The summed E-state index contributed by atoms with van der Waals surface area (Å²) in [6, 6.07) is -0.260. The van der Waals surface area contributed by atoms with Gasteiger partial charge in [-0.3, -0.25) is 14.9 Å². The summed E-state index contributed by atoms with van der Waals surface area (Å²) in [5.74, 6) is 0.330. The van der Waals surface area contributed by atoms with Gasteiger partial charge in [0.2, 0.25) is 5.91 Å². The zero-order chi connectivity index (χ0) is 18.7. The molecular formula is C19H34N2O4. The van der Waals surface area contributed by atoms with Gasteiger partial charge in [-0.2, -0.15) is 0 Å². The normalized spacial score (nSPS) is 16.8. The van der Waals surface area contributed by atoms with Crippen LogP contribution in [-0.4, -0.2) is 41.0 Å². The highest BCUT2D eigenvalue weighted by atomic mass is 16.4. The van der Waals surface area contributed by atoms with Crippen LogP contribution in [0, 0.1) is 11.8 Å². The third-order valence-corrected chi connectivity index (χ3v) is 4.95. The van der Waals surface area contributed by atoms with Crippen LogP contribution < -0.4 is 5.32 Å². The Labute approximate surface area is 151 Å². The Morgan fingerprint density at radius 2 is 1.88 bits per heavy atom. The molecule has 0 radical (unpaired) electrons. The van der Waals surface area contributed by atoms with Gasteiger partial charge in [-0.25, -0.2) is 4.79 Å². The monoisotopic (exact) mass is 354 g/mol. The predicted molar refractivity (Wildman–Crippen MR) is 97.2 cm³/mol. The number of aliphatic carboxylic acids is 1. The average Bonchev–Trinajstić information content (AvgIpc) is 2.86. The van der Waals surface area contributed by atoms with Gasteiger partial charge in [-0.1, -0.05) is 52.4 Å². The fourth-order valence-corrected chi connectivity index (χ4v) is 3.58. The van der Waals surface area contributed by atoms with Gasteiger partial charge in [0.05, 0.1) is 0 Å². The molecule has 0 aromatic rings. The number of hydrogen-bond donors (Lipinski definition) is 2. The lowest BCUT2D eigenvalue weighted by Crippen LogP contribution is -2.30. The molecule has 0 spiro atoms. The minimum absolute atomic E-state index is 0.195. The molecule has 1 rings (SSSR count). The van der Waals surface area contributed by atoms with Crippen molar-refractivity contribution < 1.29 is 19.5 Å². The molecule has 1 saturated heterocycles. The molecule has 1 aliphatic rings. The van der Waals surface area contributed by atoms with Crippen molar-refractivity contribution in [3.63, 3.8) is 0 Å². The smallest absolute Gasteiger partial charge is 0.324 e. The molecule has 1 aliphatic heterocycles. The highest BCUT2D eigenvalue weighted by Gasteiger charge is 2.26. The average molecular weight is 354 g/mol. The molecule has 0 aliphatic carbocycles. The van der Waals surface area contributed by atoms with Gasteiger partial charge in [0.25, 0.3) is 0 Å². The van der Waals surface area contributed by atoms with Crippen LogP contribution in [0.25, 0.3) is 0 Å². The number of carbonyl (C=O) groups excluding carboxylic acids is 2. The molecule has 144 valence electrons. The SMILES string of the molecule is CCCC(CCCCCCC(=O)O)CC(C)CCN1CC(=O)NC1=O. The van der Waals surface area contributed by atoms with Gasteiger partial charge < -0.3 is 10.0 Å². The van der Waals surface area contributed by atoms with Crippen LogP contribution in [0.3, 0.4) is 0 Å². The van der Waals surface area contributed by atoms with Crippen LogP contribution in [0.15, 0.2) is 0 Å². The molecule has 0 bridgehead atoms. The maximum absolute atomic E-state index is 11.5. The molecule has 1 heterocycles. The van der Waals surface area contributed by atoms with E-state index in [4.69, 9.17) is 5.11 Å². The van der Waals surface area contributed by atoms with Gasteiger partial charge in [0.1, 0.15) is 6.54 Å². The summed E-state index contributed by atoms with van der Waals surface area (Å²) in [6.07, 6.45) is 10.0. The number of imide groups is 1. The van der Waals surface area contributed by atoms with E-state index in [2.05, 4.69) is 19.2 Å². The lowest BCUT2D eigenvalue weighted by molar-refractivity contribution is -0.137. The fraction of sp³-hybridized carbons (Fsp3) is 0.842. The molecule has 3 amide bonds. The first-order chi connectivity index (χ1) is 11.9. The van der Waals surface area contributed by atoms with Crippen molar-refractivity contribution in [2.75, 3.05) is 13.1 Å². The van der Waals surface area contributed by atoms with E-state index in [0.717, 1.165) is 32.1 Å². The van der Waals surface area contributed by atoms with Gasteiger partial charge in [0.15, 0.2) is 0 Å². The topological polar surface area (TPSA) is 86.7 Å². The van der Waals surface area contributed by atoms with Crippen molar-refractivity contribution in [2.24, 2.45) is 11.8 Å². The third-order valence-electron chi connectivity index (χ3n) is 4.95. The van der Waals surface area contributed by atoms with Crippen LogP contribution in [0.5, 0.6) is 0 Å². The van der Waals surface area contributed by atoms with E-state index in [0.29, 0.717) is 18.4 Å². The van der Waals surface area contributed by atoms with Gasteiger partial charge >= 0.3 is 12.0 Å². The van der Waals surface area contributed by atoms with Gasteiger partial charge in [-0.15, -0.1) is 0 Å². The first-order valence-corrected chi connectivity index (χ1v) is 9.72. The van der Waals surface area contributed by atoms with Crippen molar-refractivity contribution in [3.8, 4) is 0 Å². The number of hydrogen-bond acceptors (Lipinski definition) is 3. The van der Waals surface area contributed by atoms with Crippen molar-refractivity contribution in [3.05, 3.63) is 0 Å². The fourth-order valence-electron chi connectivity index (χ4n) is 3.58. The molecule has 6 heteroatoms. The lowest BCUT2D eigenvalue weighted by atomic mass is 9.86. The van der Waals surface area contributed by atoms with Gasteiger partial charge in [-0.05, 0) is 31.1 Å². The lowest BCUT2D eigenvalue weighted by Gasteiger charge is -2.22. The first-order valence-electron chi connectivity index (χ1n) is 9.72. The summed E-state index contributed by atoms with van der Waals surface area (Å²) in [5.41, 5.74) is 0. The van der Waals surface area contributed by atoms with E-state index in [1.807, 2.05) is 0 Å². The summed E-state index contributed by atoms with van der Waals surface area (Å²) in [7, 11) is 0. The summed E-state index contributed by atoms with van der Waals surface area (Å²) < 4.78 is 0. The molecule has 2 N–H and O–H groups in total. The Hall–Kier alpha value is -1.59. The van der Waals surface area contributed by atoms with Crippen molar-refractivity contribution >= 4 is 17.9 Å². The molecule has 0 aromatic carbocycles. The number of nitrogens with one attached hydrogen (secondary N) is 1. The highest BCUT2D eigenvalue weighted by molar-refractivity contribution is 6.01. The van der Waals surface area contributed by atoms with E-state index in [1.165, 1.54) is 25.7 Å². The Morgan fingerprint density at radius 3 is 2.48 bits per heavy atom. The number of urea groups is 1. The predicted octanol–water partition coefficient (Wildman–Crippen LogP) is 3.80. The number of amides is 3. The maximum atomic E-state index is 11.5. The molecule has 6 nitrogen and oxygen atoms in total. The zero-order valence-electron chi connectivity index (χ0n) is 15.8. The highest BCUT2D eigenvalue weighted by Crippen LogP contribution is 2.25. The zero-order valence-corrected chi connectivity index (χ0v) is 15.8. The molecule has 0 saturated carbocycles. The van der Waals surface area contributed by atoms with Crippen molar-refractivity contribution in [1.29, 1.82) is 0 Å². The Morgan fingerprint density at radius 1 is 1.16 bits per heavy atom. The molecule has 2 atom stereocenters. The summed E-state index contributed by atoms with van der Waals surface area (Å²) in [4.78, 5) is 34.8. The van der Waals surface area contributed by atoms with Crippen LogP contribution in [0.2, 0.25) is 0 Å². The van der Waals surface area contributed by atoms with Crippen LogP contribution in [0.4, 0.5) is 4.79 Å². The van der Waals surface area contributed by atoms with E-state index in [-0.39, 0.29) is 24.9 Å². The third kappa shape index (κ3) is 9.46. The summed E-state index contributed by atoms with van der Waals surface area (Å²) in [5, 5.41) is 11.0. The number of carbonyl (C=O) groups is 3. The number of nitrogens with zero attached hydrogens (tertiary/aromatic N) is 1. The van der Waals surface area contributed by atoms with Crippen molar-refractivity contribution in [1.82, 2.24) is 10.2 Å². The van der Waals surface area contributed by atoms with E-state index in [9.17, 15) is 14.4 Å². The standard InChI is InChI=1S/C19H34N2O4/c1-3-8-16(9-6-4-5-7-10-18(23)24)13-15(2)11-12-21-14-17(22)20-19(21)25/h15-16H,3-14H2,1-2H3,(H,23,24)(H,20,22,25). The van der Waals surface area contributed by atoms with E-state index < -0.39 is 5.97 Å². The Balaban J connectivity index is 2.20. The number of unbranched alkanes of at least 4 members (excludes halogenated alkanes) is 3. The number of rotatable bonds is 14. The molecule has 1 fully saturated rings. The molecule has 0 aromatic heterocycles. The van der Waals surface area contributed by atoms with Crippen LogP contribution in [-0.2, 0) is 9.59 Å². The summed E-state index contributed by atoms with van der Waals surface area (Å²) >= 11 is 0. The Kier molecular flexibility index (Phi) is 10.2. The minimum Gasteiger partial charge on any atom is -0.481 e. The summed E-state index contributed by atoms with van der Waals surface area (Å²) in [6.45, 7) is 5.28. The largest absolute Gasteiger partial charge is 0.481 e. The first kappa shape index (κ1) is 21.5. The van der Waals surface area contributed by atoms with Gasteiger partial charge in [0, 0.05) is 13.0 Å². The molecule has 25 heavy (non-hydrogen) atoms.